The second-order valence-corrected chi connectivity index (χ2v) is 4.39. The van der Waals surface area contributed by atoms with Gasteiger partial charge in [-0.15, -0.1) is 0 Å². The number of ether oxygens (including phenoxy) is 1. The summed E-state index contributed by atoms with van der Waals surface area (Å²) in [5.41, 5.74) is 1.46. The lowest BCUT2D eigenvalue weighted by atomic mass is 10.1. The molecule has 1 unspecified atom stereocenters. The molecule has 1 amide bonds. The number of aryl methyl sites for hydroxylation is 1. The monoisotopic (exact) mass is 235 g/mol. The van der Waals surface area contributed by atoms with Gasteiger partial charge in [-0.25, -0.2) is 0 Å². The molecule has 0 radical (unpaired) electrons. The summed E-state index contributed by atoms with van der Waals surface area (Å²) in [6.45, 7) is 2.56. The Balaban J connectivity index is 1.90. The summed E-state index contributed by atoms with van der Waals surface area (Å²) in [6, 6.07) is 5.02. The topological polar surface area (TPSA) is 58.6 Å². The Hall–Kier alpha value is -1.55. The minimum atomic E-state index is -0.0398. The van der Waals surface area contributed by atoms with E-state index in [9.17, 15) is 9.90 Å². The van der Waals surface area contributed by atoms with Crippen molar-refractivity contribution in [3.05, 3.63) is 23.8 Å². The van der Waals surface area contributed by atoms with Crippen LogP contribution < -0.4 is 5.32 Å². The number of amides is 1. The zero-order valence-corrected chi connectivity index (χ0v) is 9.90. The van der Waals surface area contributed by atoms with Gasteiger partial charge in [0.1, 0.15) is 5.75 Å². The van der Waals surface area contributed by atoms with Crippen molar-refractivity contribution in [2.45, 2.75) is 32.3 Å². The minimum Gasteiger partial charge on any atom is -0.508 e. The maximum absolute atomic E-state index is 11.7. The molecule has 4 nitrogen and oxygen atoms in total. The Kier molecular flexibility index (Phi) is 3.64. The third kappa shape index (κ3) is 3.20. The largest absolute Gasteiger partial charge is 0.508 e. The van der Waals surface area contributed by atoms with Gasteiger partial charge in [-0.1, -0.05) is 0 Å². The maximum atomic E-state index is 11.7. The number of carbonyl (C=O) groups excluding carboxylic acids is 1. The molecule has 0 aliphatic carbocycles. The van der Waals surface area contributed by atoms with Crippen molar-refractivity contribution in [1.29, 1.82) is 0 Å². The van der Waals surface area contributed by atoms with Crippen LogP contribution in [0.1, 0.15) is 24.8 Å². The molecule has 17 heavy (non-hydrogen) atoms. The van der Waals surface area contributed by atoms with Crippen LogP contribution >= 0.6 is 0 Å². The maximum Gasteiger partial charge on any atom is 0.226 e. The zero-order chi connectivity index (χ0) is 12.3. The summed E-state index contributed by atoms with van der Waals surface area (Å²) in [4.78, 5) is 11.7. The molecule has 1 atom stereocenters. The lowest BCUT2D eigenvalue weighted by Gasteiger charge is -2.10. The standard InChI is InChI=1S/C13H17NO3/c1-9-7-10(4-5-12(9)15)14-13(16)8-11-3-2-6-17-11/h4-5,7,11,15H,2-3,6,8H2,1H3,(H,14,16). The van der Waals surface area contributed by atoms with E-state index in [1.165, 1.54) is 0 Å². The molecular weight excluding hydrogens is 218 g/mol. The molecule has 92 valence electrons. The van der Waals surface area contributed by atoms with Crippen molar-refractivity contribution in [2.75, 3.05) is 11.9 Å². The first-order valence-electron chi connectivity index (χ1n) is 5.86. The first kappa shape index (κ1) is 11.9. The SMILES string of the molecule is Cc1cc(NC(=O)CC2CCCO2)ccc1O. The highest BCUT2D eigenvalue weighted by Crippen LogP contribution is 2.21. The number of phenols is 1. The van der Waals surface area contributed by atoms with E-state index in [1.807, 2.05) is 0 Å². The average Bonchev–Trinajstić information content (AvgIpc) is 2.76. The number of rotatable bonds is 3. The van der Waals surface area contributed by atoms with Crippen LogP contribution in [0, 0.1) is 6.92 Å². The first-order valence-corrected chi connectivity index (χ1v) is 5.86. The van der Waals surface area contributed by atoms with E-state index in [2.05, 4.69) is 5.32 Å². The molecule has 0 bridgehead atoms. The van der Waals surface area contributed by atoms with Gasteiger partial charge in [0.2, 0.25) is 5.91 Å². The number of hydrogen-bond acceptors (Lipinski definition) is 3. The van der Waals surface area contributed by atoms with Gasteiger partial charge in [0, 0.05) is 12.3 Å². The average molecular weight is 235 g/mol. The van der Waals surface area contributed by atoms with Gasteiger partial charge in [0.05, 0.1) is 12.5 Å². The number of phenolic OH excluding ortho intramolecular Hbond substituents is 1. The van der Waals surface area contributed by atoms with Gasteiger partial charge in [-0.05, 0) is 43.5 Å². The van der Waals surface area contributed by atoms with Crippen LogP contribution in [0.3, 0.4) is 0 Å². The van der Waals surface area contributed by atoms with E-state index >= 15 is 0 Å². The smallest absolute Gasteiger partial charge is 0.226 e. The van der Waals surface area contributed by atoms with Crippen molar-refractivity contribution < 1.29 is 14.6 Å². The van der Waals surface area contributed by atoms with E-state index < -0.39 is 0 Å². The Labute approximate surface area is 101 Å². The summed E-state index contributed by atoms with van der Waals surface area (Å²) < 4.78 is 5.40. The van der Waals surface area contributed by atoms with Crippen molar-refractivity contribution in [3.8, 4) is 5.75 Å². The molecule has 1 saturated heterocycles. The molecule has 1 aromatic carbocycles. The number of benzene rings is 1. The lowest BCUT2D eigenvalue weighted by molar-refractivity contribution is -0.118. The van der Waals surface area contributed by atoms with Crippen molar-refractivity contribution in [2.24, 2.45) is 0 Å². The number of hydrogen-bond donors (Lipinski definition) is 2. The van der Waals surface area contributed by atoms with Crippen molar-refractivity contribution in [1.82, 2.24) is 0 Å². The second kappa shape index (κ2) is 5.19. The Morgan fingerprint density at radius 2 is 2.41 bits per heavy atom. The fraction of sp³-hybridized carbons (Fsp3) is 0.462. The van der Waals surface area contributed by atoms with E-state index in [-0.39, 0.29) is 17.8 Å². The van der Waals surface area contributed by atoms with Gasteiger partial charge < -0.3 is 15.2 Å². The van der Waals surface area contributed by atoms with Gasteiger partial charge in [0.25, 0.3) is 0 Å². The van der Waals surface area contributed by atoms with E-state index in [0.717, 1.165) is 25.0 Å². The van der Waals surface area contributed by atoms with Crippen LogP contribution in [0.15, 0.2) is 18.2 Å². The van der Waals surface area contributed by atoms with Gasteiger partial charge in [-0.3, -0.25) is 4.79 Å². The molecule has 1 aliphatic rings. The molecule has 1 fully saturated rings. The van der Waals surface area contributed by atoms with Crippen LogP contribution in [0.25, 0.3) is 0 Å². The minimum absolute atomic E-state index is 0.0398. The van der Waals surface area contributed by atoms with Gasteiger partial charge in [0.15, 0.2) is 0 Å². The number of nitrogens with one attached hydrogen (secondary N) is 1. The van der Waals surface area contributed by atoms with Crippen molar-refractivity contribution in [3.63, 3.8) is 0 Å². The van der Waals surface area contributed by atoms with Crippen LogP contribution in [0.4, 0.5) is 5.69 Å². The summed E-state index contributed by atoms with van der Waals surface area (Å²) in [5.74, 6) is 0.198. The van der Waals surface area contributed by atoms with Crippen LogP contribution in [-0.4, -0.2) is 23.7 Å². The third-order valence-corrected chi connectivity index (χ3v) is 2.92. The highest BCUT2D eigenvalue weighted by molar-refractivity contribution is 5.91. The second-order valence-electron chi connectivity index (χ2n) is 4.39. The van der Waals surface area contributed by atoms with Crippen molar-refractivity contribution >= 4 is 11.6 Å². The number of aromatic hydroxyl groups is 1. The van der Waals surface area contributed by atoms with Crippen LogP contribution in [0.2, 0.25) is 0 Å². The fourth-order valence-corrected chi connectivity index (χ4v) is 1.96. The molecule has 1 aliphatic heterocycles. The fourth-order valence-electron chi connectivity index (χ4n) is 1.96. The zero-order valence-electron chi connectivity index (χ0n) is 9.90. The van der Waals surface area contributed by atoms with Crippen LogP contribution in [0.5, 0.6) is 5.75 Å². The summed E-state index contributed by atoms with van der Waals surface area (Å²) in [6.07, 6.45) is 2.46. The molecule has 1 aromatic rings. The summed E-state index contributed by atoms with van der Waals surface area (Å²) >= 11 is 0. The van der Waals surface area contributed by atoms with E-state index in [4.69, 9.17) is 4.74 Å². The Morgan fingerprint density at radius 1 is 1.59 bits per heavy atom. The molecule has 0 saturated carbocycles. The predicted molar refractivity (Wildman–Crippen MR) is 65.1 cm³/mol. The Morgan fingerprint density at radius 3 is 3.06 bits per heavy atom. The quantitative estimate of drug-likeness (QED) is 0.790. The summed E-state index contributed by atoms with van der Waals surface area (Å²) in [7, 11) is 0. The molecule has 4 heteroatoms. The molecule has 1 heterocycles. The first-order chi connectivity index (χ1) is 8.15. The molecular formula is C13H17NO3. The molecule has 2 rings (SSSR count). The normalized spacial score (nSPS) is 19.2. The highest BCUT2D eigenvalue weighted by Gasteiger charge is 2.19. The summed E-state index contributed by atoms with van der Waals surface area (Å²) in [5, 5.41) is 12.2. The Bertz CT molecular complexity index is 411. The molecule has 0 spiro atoms. The van der Waals surface area contributed by atoms with Gasteiger partial charge >= 0.3 is 0 Å². The molecule has 0 aromatic heterocycles. The molecule has 2 N–H and O–H groups in total. The number of carbonyl (C=O) groups is 1. The van der Waals surface area contributed by atoms with E-state index in [1.54, 1.807) is 25.1 Å². The lowest BCUT2D eigenvalue weighted by Crippen LogP contribution is -2.19. The number of anilines is 1. The highest BCUT2D eigenvalue weighted by atomic mass is 16.5. The van der Waals surface area contributed by atoms with E-state index in [0.29, 0.717) is 12.1 Å². The van der Waals surface area contributed by atoms with Crippen LogP contribution in [-0.2, 0) is 9.53 Å². The third-order valence-electron chi connectivity index (χ3n) is 2.92. The van der Waals surface area contributed by atoms with Gasteiger partial charge in [-0.2, -0.15) is 0 Å². The predicted octanol–water partition coefficient (Wildman–Crippen LogP) is 2.21.